The smallest absolute Gasteiger partial charge is 0.313 e. The van der Waals surface area contributed by atoms with Gasteiger partial charge in [-0.05, 0) is 37.0 Å². The van der Waals surface area contributed by atoms with Gasteiger partial charge in [-0.15, -0.1) is 0 Å². The van der Waals surface area contributed by atoms with Gasteiger partial charge in [-0.2, -0.15) is 0 Å². The maximum Gasteiger partial charge on any atom is 0.313 e. The lowest BCUT2D eigenvalue weighted by molar-refractivity contribution is -0.213. The first-order valence-corrected chi connectivity index (χ1v) is 5.73. The third kappa shape index (κ3) is 3.83. The highest BCUT2D eigenvalue weighted by Gasteiger charge is 2.06. The van der Waals surface area contributed by atoms with Gasteiger partial charge in [0, 0.05) is 0 Å². The Morgan fingerprint density at radius 2 is 1.81 bits per heavy atom. The van der Waals surface area contributed by atoms with Gasteiger partial charge in [0.2, 0.25) is 0 Å². The minimum Gasteiger partial charge on any atom is -0.441 e. The monoisotopic (exact) mass is 224 g/mol. The number of rotatable bonds is 6. The summed E-state index contributed by atoms with van der Waals surface area (Å²) in [5.74, 6) is 1.17. The van der Waals surface area contributed by atoms with Gasteiger partial charge in [0.25, 0.3) is 0 Å². The van der Waals surface area contributed by atoms with Crippen LogP contribution in [0.3, 0.4) is 0 Å². The van der Waals surface area contributed by atoms with E-state index in [-0.39, 0.29) is 0 Å². The minimum atomic E-state index is -1.18. The van der Waals surface area contributed by atoms with Crippen LogP contribution < -0.4 is 4.74 Å². The van der Waals surface area contributed by atoms with Crippen molar-refractivity contribution in [1.82, 2.24) is 0 Å². The Hall–Kier alpha value is -1.06. The number of ether oxygens (including phenoxy) is 2. The molecule has 0 bridgehead atoms. The molecule has 90 valence electrons. The van der Waals surface area contributed by atoms with Crippen molar-refractivity contribution < 1.29 is 14.6 Å². The lowest BCUT2D eigenvalue weighted by Crippen LogP contribution is -2.19. The zero-order valence-corrected chi connectivity index (χ0v) is 10.1. The van der Waals surface area contributed by atoms with E-state index in [4.69, 9.17) is 9.47 Å². The van der Waals surface area contributed by atoms with E-state index in [0.717, 1.165) is 6.42 Å². The molecule has 0 fully saturated rings. The third-order valence-electron chi connectivity index (χ3n) is 2.61. The number of hydrogen-bond acceptors (Lipinski definition) is 3. The molecule has 2 unspecified atom stereocenters. The molecule has 0 radical (unpaired) electrons. The Balaban J connectivity index is 2.57. The van der Waals surface area contributed by atoms with Crippen molar-refractivity contribution in [1.29, 1.82) is 0 Å². The average Bonchev–Trinajstić information content (AvgIpc) is 2.29. The highest BCUT2D eigenvalue weighted by atomic mass is 16.8. The van der Waals surface area contributed by atoms with Crippen molar-refractivity contribution in [2.24, 2.45) is 0 Å². The summed E-state index contributed by atoms with van der Waals surface area (Å²) in [4.78, 5) is 0. The van der Waals surface area contributed by atoms with E-state index in [0.29, 0.717) is 18.3 Å². The maximum absolute atomic E-state index is 9.28. The Morgan fingerprint density at radius 3 is 2.31 bits per heavy atom. The molecule has 0 saturated heterocycles. The SMILES string of the molecule is CCOC(O)Oc1ccc(C(C)CC)cc1. The zero-order valence-electron chi connectivity index (χ0n) is 10.1. The van der Waals surface area contributed by atoms with Gasteiger partial charge >= 0.3 is 6.48 Å². The van der Waals surface area contributed by atoms with E-state index in [2.05, 4.69) is 13.8 Å². The molecule has 0 spiro atoms. The topological polar surface area (TPSA) is 38.7 Å². The van der Waals surface area contributed by atoms with Gasteiger partial charge in [-0.3, -0.25) is 0 Å². The van der Waals surface area contributed by atoms with Crippen molar-refractivity contribution in [3.63, 3.8) is 0 Å². The molecule has 0 aromatic heterocycles. The fourth-order valence-corrected chi connectivity index (χ4v) is 1.40. The molecule has 0 aliphatic rings. The molecule has 1 N–H and O–H groups in total. The Bertz CT molecular complexity index is 295. The molecule has 16 heavy (non-hydrogen) atoms. The predicted molar refractivity (Wildman–Crippen MR) is 63.4 cm³/mol. The first-order chi connectivity index (χ1) is 7.67. The van der Waals surface area contributed by atoms with Crippen LogP contribution in [-0.4, -0.2) is 18.2 Å². The third-order valence-corrected chi connectivity index (χ3v) is 2.61. The van der Waals surface area contributed by atoms with E-state index in [1.54, 1.807) is 6.92 Å². The average molecular weight is 224 g/mol. The van der Waals surface area contributed by atoms with E-state index in [1.807, 2.05) is 24.3 Å². The van der Waals surface area contributed by atoms with Gasteiger partial charge < -0.3 is 14.6 Å². The van der Waals surface area contributed by atoms with Gasteiger partial charge in [0.05, 0.1) is 6.61 Å². The molecule has 2 atom stereocenters. The highest BCUT2D eigenvalue weighted by Crippen LogP contribution is 2.21. The van der Waals surface area contributed by atoms with Crippen LogP contribution in [0.4, 0.5) is 0 Å². The molecule has 0 saturated carbocycles. The molecule has 0 heterocycles. The summed E-state index contributed by atoms with van der Waals surface area (Å²) in [5.41, 5.74) is 1.28. The number of benzene rings is 1. The number of aliphatic hydroxyl groups is 1. The van der Waals surface area contributed by atoms with Crippen molar-refractivity contribution in [3.8, 4) is 5.75 Å². The largest absolute Gasteiger partial charge is 0.441 e. The second-order valence-electron chi connectivity index (χ2n) is 3.76. The van der Waals surface area contributed by atoms with Gasteiger partial charge in [0.15, 0.2) is 0 Å². The highest BCUT2D eigenvalue weighted by molar-refractivity contribution is 5.29. The zero-order chi connectivity index (χ0) is 12.0. The van der Waals surface area contributed by atoms with Gasteiger partial charge in [-0.1, -0.05) is 26.0 Å². The Morgan fingerprint density at radius 1 is 1.19 bits per heavy atom. The Labute approximate surface area is 97.0 Å². The van der Waals surface area contributed by atoms with E-state index >= 15 is 0 Å². The van der Waals surface area contributed by atoms with Crippen LogP contribution in [0.2, 0.25) is 0 Å². The summed E-state index contributed by atoms with van der Waals surface area (Å²) in [5, 5.41) is 9.28. The first-order valence-electron chi connectivity index (χ1n) is 5.73. The molecule has 0 aliphatic carbocycles. The molecular weight excluding hydrogens is 204 g/mol. The van der Waals surface area contributed by atoms with Crippen molar-refractivity contribution in [2.75, 3.05) is 6.61 Å². The number of aliphatic hydroxyl groups excluding tert-OH is 1. The summed E-state index contributed by atoms with van der Waals surface area (Å²) in [6.45, 7) is 5.39. The van der Waals surface area contributed by atoms with Crippen molar-refractivity contribution in [2.45, 2.75) is 39.6 Å². The lowest BCUT2D eigenvalue weighted by Gasteiger charge is -2.14. The normalized spacial score (nSPS) is 14.5. The molecule has 3 heteroatoms. The second-order valence-corrected chi connectivity index (χ2v) is 3.76. The number of hydrogen-bond donors (Lipinski definition) is 1. The fourth-order valence-electron chi connectivity index (χ4n) is 1.40. The molecule has 1 rings (SSSR count). The molecule has 0 amide bonds. The molecule has 1 aromatic carbocycles. The van der Waals surface area contributed by atoms with Crippen LogP contribution in [0.25, 0.3) is 0 Å². The van der Waals surface area contributed by atoms with Crippen LogP contribution in [0.15, 0.2) is 24.3 Å². The van der Waals surface area contributed by atoms with Crippen molar-refractivity contribution >= 4 is 0 Å². The summed E-state index contributed by atoms with van der Waals surface area (Å²) in [6, 6.07) is 7.73. The summed E-state index contributed by atoms with van der Waals surface area (Å²) < 4.78 is 10.0. The van der Waals surface area contributed by atoms with Crippen LogP contribution in [0, 0.1) is 0 Å². The maximum atomic E-state index is 9.28. The van der Waals surface area contributed by atoms with Crippen LogP contribution in [0.5, 0.6) is 5.75 Å². The minimum absolute atomic E-state index is 0.423. The predicted octanol–water partition coefficient (Wildman–Crippen LogP) is 2.89. The van der Waals surface area contributed by atoms with Gasteiger partial charge in [0.1, 0.15) is 5.75 Å². The summed E-state index contributed by atoms with van der Waals surface area (Å²) in [6.07, 6.45) is 1.11. The standard InChI is InChI=1S/C13H20O3/c1-4-10(3)11-6-8-12(9-7-11)16-13(14)15-5-2/h6-10,13-14H,4-5H2,1-3H3. The molecule has 3 nitrogen and oxygen atoms in total. The second kappa shape index (κ2) is 6.51. The quantitative estimate of drug-likeness (QED) is 0.755. The van der Waals surface area contributed by atoms with E-state index < -0.39 is 6.48 Å². The lowest BCUT2D eigenvalue weighted by atomic mass is 9.99. The fraction of sp³-hybridized carbons (Fsp3) is 0.538. The molecule has 1 aromatic rings. The molecular formula is C13H20O3. The van der Waals surface area contributed by atoms with Crippen molar-refractivity contribution in [3.05, 3.63) is 29.8 Å². The van der Waals surface area contributed by atoms with E-state index in [9.17, 15) is 5.11 Å². The first kappa shape index (κ1) is 13.0. The Kier molecular flexibility index (Phi) is 5.29. The van der Waals surface area contributed by atoms with Crippen LogP contribution >= 0.6 is 0 Å². The van der Waals surface area contributed by atoms with Crippen LogP contribution in [-0.2, 0) is 4.74 Å². The molecule has 0 aliphatic heterocycles. The van der Waals surface area contributed by atoms with Crippen LogP contribution in [0.1, 0.15) is 38.7 Å². The summed E-state index contributed by atoms with van der Waals surface area (Å²) >= 11 is 0. The van der Waals surface area contributed by atoms with Gasteiger partial charge in [-0.25, -0.2) is 0 Å². The van der Waals surface area contributed by atoms with E-state index in [1.165, 1.54) is 5.56 Å². The summed E-state index contributed by atoms with van der Waals surface area (Å²) in [7, 11) is 0.